The monoisotopic (exact) mass is 374 g/mol. The van der Waals surface area contributed by atoms with Gasteiger partial charge in [0, 0.05) is 17.4 Å². The number of nitriles is 1. The number of aliphatic carboxylic acids is 1. The van der Waals surface area contributed by atoms with Gasteiger partial charge in [-0.2, -0.15) is 5.26 Å². The van der Waals surface area contributed by atoms with E-state index in [-0.39, 0.29) is 24.1 Å². The lowest BCUT2D eigenvalue weighted by atomic mass is 9.92. The summed E-state index contributed by atoms with van der Waals surface area (Å²) in [5.41, 5.74) is 3.82. The number of hydrogen-bond donors (Lipinski definition) is 2. The molecule has 0 amide bonds. The highest BCUT2D eigenvalue weighted by molar-refractivity contribution is 6.05. The minimum Gasteiger partial charge on any atom is -0.504 e. The Hall–Kier alpha value is -3.72. The SMILES string of the molecule is Cc1cccc(C)c1-c1cccc2c(C#N)c(O)c(C(=O)CCC(=O)O)nc12. The minimum absolute atomic E-state index is 0.0447. The maximum Gasteiger partial charge on any atom is 0.303 e. The number of aromatic hydroxyl groups is 1. The molecule has 3 aromatic rings. The summed E-state index contributed by atoms with van der Waals surface area (Å²) in [5.74, 6) is -2.25. The molecule has 0 aliphatic heterocycles. The summed E-state index contributed by atoms with van der Waals surface area (Å²) in [4.78, 5) is 27.6. The van der Waals surface area contributed by atoms with E-state index in [9.17, 15) is 20.0 Å². The topological polar surface area (TPSA) is 111 Å². The number of Topliss-reactive ketones (excluding diaryl/α,β-unsaturated/α-hetero) is 1. The molecule has 0 saturated carbocycles. The van der Waals surface area contributed by atoms with Gasteiger partial charge in [0.1, 0.15) is 17.3 Å². The summed E-state index contributed by atoms with van der Waals surface area (Å²) < 4.78 is 0. The molecule has 0 spiro atoms. The van der Waals surface area contributed by atoms with Gasteiger partial charge in [-0.15, -0.1) is 0 Å². The molecule has 6 heteroatoms. The summed E-state index contributed by atoms with van der Waals surface area (Å²) in [7, 11) is 0. The fourth-order valence-corrected chi connectivity index (χ4v) is 3.36. The average molecular weight is 374 g/mol. The first-order valence-electron chi connectivity index (χ1n) is 8.72. The highest BCUT2D eigenvalue weighted by Gasteiger charge is 2.22. The molecular weight excluding hydrogens is 356 g/mol. The van der Waals surface area contributed by atoms with Gasteiger partial charge in [0.2, 0.25) is 0 Å². The number of carbonyl (C=O) groups excluding carboxylic acids is 1. The van der Waals surface area contributed by atoms with E-state index in [1.54, 1.807) is 12.1 Å². The zero-order valence-electron chi connectivity index (χ0n) is 15.5. The number of fused-ring (bicyclic) bond motifs is 1. The smallest absolute Gasteiger partial charge is 0.303 e. The lowest BCUT2D eigenvalue weighted by Gasteiger charge is -2.14. The molecule has 2 aromatic carbocycles. The van der Waals surface area contributed by atoms with Crippen molar-refractivity contribution < 1.29 is 19.8 Å². The van der Waals surface area contributed by atoms with Gasteiger partial charge in [0.25, 0.3) is 0 Å². The average Bonchev–Trinajstić information content (AvgIpc) is 2.65. The molecule has 0 fully saturated rings. The van der Waals surface area contributed by atoms with Crippen LogP contribution in [0.15, 0.2) is 36.4 Å². The number of carboxylic acids is 1. The Morgan fingerprint density at radius 2 is 1.71 bits per heavy atom. The summed E-state index contributed by atoms with van der Waals surface area (Å²) in [6, 6.07) is 13.1. The van der Waals surface area contributed by atoms with E-state index in [1.807, 2.05) is 44.2 Å². The number of carboxylic acid groups (broad SMARTS) is 1. The van der Waals surface area contributed by atoms with Gasteiger partial charge in [-0.1, -0.05) is 36.4 Å². The molecule has 0 atom stereocenters. The molecule has 2 N–H and O–H groups in total. The Balaban J connectivity index is 2.32. The van der Waals surface area contributed by atoms with E-state index in [0.717, 1.165) is 22.3 Å². The third-order valence-electron chi connectivity index (χ3n) is 4.68. The van der Waals surface area contributed by atoms with Gasteiger partial charge in [0.15, 0.2) is 11.5 Å². The summed E-state index contributed by atoms with van der Waals surface area (Å²) in [5, 5.41) is 29.3. The number of hydrogen-bond acceptors (Lipinski definition) is 5. The predicted molar refractivity (Wildman–Crippen MR) is 104 cm³/mol. The molecule has 0 aliphatic rings. The second-order valence-electron chi connectivity index (χ2n) is 6.58. The maximum absolute atomic E-state index is 12.5. The summed E-state index contributed by atoms with van der Waals surface area (Å²) in [6.07, 6.45) is -0.684. The van der Waals surface area contributed by atoms with Gasteiger partial charge >= 0.3 is 5.97 Å². The Morgan fingerprint density at radius 1 is 1.07 bits per heavy atom. The fraction of sp³-hybridized carbons (Fsp3) is 0.182. The number of rotatable bonds is 5. The van der Waals surface area contributed by atoms with Crippen molar-refractivity contribution in [3.05, 3.63) is 58.8 Å². The molecule has 140 valence electrons. The zero-order chi connectivity index (χ0) is 20.4. The zero-order valence-corrected chi connectivity index (χ0v) is 15.5. The molecule has 0 unspecified atom stereocenters. The number of ketones is 1. The molecule has 6 nitrogen and oxygen atoms in total. The van der Waals surface area contributed by atoms with Crippen molar-refractivity contribution in [2.45, 2.75) is 26.7 Å². The summed E-state index contributed by atoms with van der Waals surface area (Å²) in [6.45, 7) is 3.93. The van der Waals surface area contributed by atoms with Crippen LogP contribution in [0.1, 0.15) is 40.0 Å². The van der Waals surface area contributed by atoms with Crippen molar-refractivity contribution in [3.8, 4) is 22.9 Å². The Kier molecular flexibility index (Phi) is 5.10. The third-order valence-corrected chi connectivity index (χ3v) is 4.68. The van der Waals surface area contributed by atoms with Crippen LogP contribution in [-0.4, -0.2) is 26.9 Å². The van der Waals surface area contributed by atoms with Crippen LogP contribution in [0.25, 0.3) is 22.0 Å². The first-order valence-corrected chi connectivity index (χ1v) is 8.72. The van der Waals surface area contributed by atoms with Gasteiger partial charge in [0.05, 0.1) is 11.9 Å². The molecule has 3 rings (SSSR count). The molecular formula is C22H18N2O4. The van der Waals surface area contributed by atoms with E-state index in [2.05, 4.69) is 4.98 Å². The highest BCUT2D eigenvalue weighted by Crippen LogP contribution is 2.37. The lowest BCUT2D eigenvalue weighted by molar-refractivity contribution is -0.136. The maximum atomic E-state index is 12.5. The van der Waals surface area contributed by atoms with Gasteiger partial charge in [-0.3, -0.25) is 9.59 Å². The molecule has 0 aliphatic carbocycles. The van der Waals surface area contributed by atoms with Crippen molar-refractivity contribution >= 4 is 22.7 Å². The second-order valence-corrected chi connectivity index (χ2v) is 6.58. The van der Waals surface area contributed by atoms with Gasteiger partial charge < -0.3 is 10.2 Å². The molecule has 1 heterocycles. The fourth-order valence-electron chi connectivity index (χ4n) is 3.36. The second kappa shape index (κ2) is 7.49. The Labute approximate surface area is 161 Å². The van der Waals surface area contributed by atoms with Crippen LogP contribution < -0.4 is 0 Å². The quantitative estimate of drug-likeness (QED) is 0.649. The number of nitrogens with zero attached hydrogens (tertiary/aromatic N) is 2. The molecule has 1 aromatic heterocycles. The van der Waals surface area contributed by atoms with Gasteiger partial charge in [-0.05, 0) is 30.5 Å². The standard InChI is InChI=1S/C22H18N2O4/c1-12-5-3-6-13(2)19(12)15-8-4-7-14-16(11-23)22(28)21(24-20(14)15)17(25)9-10-18(26)27/h3-8,28H,9-10H2,1-2H3,(H,26,27). The number of pyridine rings is 1. The van der Waals surface area contributed by atoms with Crippen molar-refractivity contribution in [3.63, 3.8) is 0 Å². The number of benzene rings is 2. The number of carbonyl (C=O) groups is 2. The van der Waals surface area contributed by atoms with Crippen molar-refractivity contribution in [1.29, 1.82) is 5.26 Å². The third kappa shape index (κ3) is 3.30. The van der Waals surface area contributed by atoms with E-state index >= 15 is 0 Å². The first-order chi connectivity index (χ1) is 13.3. The Morgan fingerprint density at radius 3 is 2.32 bits per heavy atom. The van der Waals surface area contributed by atoms with E-state index in [4.69, 9.17) is 5.11 Å². The molecule has 0 radical (unpaired) electrons. The van der Waals surface area contributed by atoms with E-state index < -0.39 is 17.5 Å². The van der Waals surface area contributed by atoms with Crippen LogP contribution in [0, 0.1) is 25.2 Å². The first kappa shape index (κ1) is 19.1. The van der Waals surface area contributed by atoms with Crippen molar-refractivity contribution in [1.82, 2.24) is 4.98 Å². The van der Waals surface area contributed by atoms with Crippen LogP contribution in [-0.2, 0) is 4.79 Å². The molecule has 0 saturated heterocycles. The van der Waals surface area contributed by atoms with Crippen LogP contribution in [0.2, 0.25) is 0 Å². The van der Waals surface area contributed by atoms with E-state index in [1.165, 1.54) is 0 Å². The lowest BCUT2D eigenvalue weighted by Crippen LogP contribution is -2.08. The predicted octanol–water partition coefficient (Wildman–Crippen LogP) is 4.14. The van der Waals surface area contributed by atoms with Crippen LogP contribution in [0.3, 0.4) is 0 Å². The van der Waals surface area contributed by atoms with Crippen LogP contribution in [0.5, 0.6) is 5.75 Å². The normalized spacial score (nSPS) is 10.6. The largest absolute Gasteiger partial charge is 0.504 e. The number of aryl methyl sites for hydroxylation is 2. The van der Waals surface area contributed by atoms with Gasteiger partial charge in [-0.25, -0.2) is 4.98 Å². The minimum atomic E-state index is -1.12. The van der Waals surface area contributed by atoms with Crippen molar-refractivity contribution in [2.75, 3.05) is 0 Å². The molecule has 28 heavy (non-hydrogen) atoms. The molecule has 0 bridgehead atoms. The number of para-hydroxylation sites is 1. The number of aromatic nitrogens is 1. The Bertz CT molecular complexity index is 1140. The summed E-state index contributed by atoms with van der Waals surface area (Å²) >= 11 is 0. The van der Waals surface area contributed by atoms with Crippen LogP contribution in [0.4, 0.5) is 0 Å². The van der Waals surface area contributed by atoms with E-state index in [0.29, 0.717) is 10.9 Å². The van der Waals surface area contributed by atoms with Crippen molar-refractivity contribution in [2.24, 2.45) is 0 Å². The van der Waals surface area contributed by atoms with Crippen LogP contribution >= 0.6 is 0 Å². The highest BCUT2D eigenvalue weighted by atomic mass is 16.4.